The van der Waals surface area contributed by atoms with E-state index in [1.165, 1.54) is 0 Å². The van der Waals surface area contributed by atoms with Crippen LogP contribution in [0.1, 0.15) is 37.9 Å². The molecule has 2 N–H and O–H groups in total. The van der Waals surface area contributed by atoms with Gasteiger partial charge < -0.3 is 15.0 Å². The van der Waals surface area contributed by atoms with Crippen LogP contribution in [0.25, 0.3) is 0 Å². The number of aliphatic carboxylic acids is 1. The quantitative estimate of drug-likeness (QED) is 0.869. The van der Waals surface area contributed by atoms with Crippen LogP contribution >= 0.6 is 0 Å². The Morgan fingerprint density at radius 3 is 2.90 bits per heavy atom. The van der Waals surface area contributed by atoms with Gasteiger partial charge in [0.1, 0.15) is 11.9 Å². The first-order chi connectivity index (χ1) is 9.66. The van der Waals surface area contributed by atoms with Crippen molar-refractivity contribution in [3.8, 4) is 0 Å². The molecule has 2 heterocycles. The van der Waals surface area contributed by atoms with E-state index in [9.17, 15) is 14.7 Å². The molecule has 6 nitrogen and oxygen atoms in total. The molecule has 0 radical (unpaired) electrons. The molecule has 1 aliphatic heterocycles. The van der Waals surface area contributed by atoms with E-state index in [-0.39, 0.29) is 18.4 Å². The fraction of sp³-hybridized carbons (Fsp3) is 0.643. The molecule has 3 atom stereocenters. The maximum absolute atomic E-state index is 12.5. The smallest absolute Gasteiger partial charge is 0.326 e. The van der Waals surface area contributed by atoms with E-state index in [1.807, 2.05) is 0 Å². The second-order valence-corrected chi connectivity index (χ2v) is 5.72. The van der Waals surface area contributed by atoms with Gasteiger partial charge >= 0.3 is 5.97 Å². The Labute approximate surface area is 117 Å². The molecule has 2 aliphatic rings. The second kappa shape index (κ2) is 5.26. The van der Waals surface area contributed by atoms with Gasteiger partial charge in [0.2, 0.25) is 5.91 Å². The minimum absolute atomic E-state index is 0.104. The van der Waals surface area contributed by atoms with E-state index in [2.05, 4.69) is 9.97 Å². The minimum atomic E-state index is -0.882. The second-order valence-electron chi connectivity index (χ2n) is 5.72. The molecule has 6 heteroatoms. The standard InChI is InChI=1S/C14H19N3O3/c18-13(8-12-15-5-6-16-12)17-10-4-2-1-3-9(10)7-11(17)14(19)20/h5-6,9-11H,1-4,7-8H2,(H,15,16)(H,19,20)/t9-,10+,11+/m1/s1. The zero-order valence-electron chi connectivity index (χ0n) is 11.3. The Morgan fingerprint density at radius 1 is 1.40 bits per heavy atom. The lowest BCUT2D eigenvalue weighted by Gasteiger charge is -2.32. The van der Waals surface area contributed by atoms with E-state index in [0.29, 0.717) is 18.2 Å². The molecule has 1 aliphatic carbocycles. The fourth-order valence-corrected chi connectivity index (χ4v) is 3.67. The number of hydrogen-bond acceptors (Lipinski definition) is 3. The van der Waals surface area contributed by atoms with Crippen LogP contribution in [0.4, 0.5) is 0 Å². The van der Waals surface area contributed by atoms with Crippen LogP contribution in [0.15, 0.2) is 12.4 Å². The van der Waals surface area contributed by atoms with Gasteiger partial charge in [0.15, 0.2) is 0 Å². The predicted octanol–water partition coefficient (Wildman–Crippen LogP) is 1.20. The summed E-state index contributed by atoms with van der Waals surface area (Å²) in [6, 6.07) is -0.558. The molecule has 1 amide bonds. The monoisotopic (exact) mass is 277 g/mol. The number of nitrogens with zero attached hydrogens (tertiary/aromatic N) is 2. The zero-order valence-corrected chi connectivity index (χ0v) is 11.3. The van der Waals surface area contributed by atoms with Crippen molar-refractivity contribution in [1.82, 2.24) is 14.9 Å². The third kappa shape index (κ3) is 2.30. The number of aromatic nitrogens is 2. The predicted molar refractivity (Wildman–Crippen MR) is 70.9 cm³/mol. The van der Waals surface area contributed by atoms with Crippen LogP contribution in [0.2, 0.25) is 0 Å². The van der Waals surface area contributed by atoms with E-state index in [1.54, 1.807) is 17.3 Å². The number of aromatic amines is 1. The molecule has 1 aromatic rings. The highest BCUT2D eigenvalue weighted by Gasteiger charge is 2.47. The molecule has 0 aromatic carbocycles. The lowest BCUT2D eigenvalue weighted by atomic mass is 9.84. The first kappa shape index (κ1) is 13.1. The molecular formula is C14H19N3O3. The summed E-state index contributed by atoms with van der Waals surface area (Å²) in [5, 5.41) is 9.39. The van der Waals surface area contributed by atoms with Crippen LogP contribution in [0, 0.1) is 5.92 Å². The lowest BCUT2D eigenvalue weighted by Crippen LogP contribution is -2.47. The van der Waals surface area contributed by atoms with Crippen molar-refractivity contribution >= 4 is 11.9 Å². The zero-order chi connectivity index (χ0) is 14.1. The number of carboxylic acids is 1. The third-order valence-corrected chi connectivity index (χ3v) is 4.53. The number of H-pyrrole nitrogens is 1. The Balaban J connectivity index is 1.79. The number of nitrogens with one attached hydrogen (secondary N) is 1. The number of hydrogen-bond donors (Lipinski definition) is 2. The SMILES string of the molecule is O=C(O)[C@@H]1C[C@H]2CCCC[C@@H]2N1C(=O)Cc1ncc[nH]1. The molecule has 1 saturated carbocycles. The van der Waals surface area contributed by atoms with Gasteiger partial charge in [-0.1, -0.05) is 12.8 Å². The molecule has 1 saturated heterocycles. The van der Waals surface area contributed by atoms with Crippen molar-refractivity contribution in [1.29, 1.82) is 0 Å². The van der Waals surface area contributed by atoms with Gasteiger partial charge in [0, 0.05) is 18.4 Å². The van der Waals surface area contributed by atoms with Gasteiger partial charge in [-0.2, -0.15) is 0 Å². The van der Waals surface area contributed by atoms with Crippen LogP contribution in [0.5, 0.6) is 0 Å². The first-order valence-electron chi connectivity index (χ1n) is 7.19. The molecule has 2 fully saturated rings. The highest BCUT2D eigenvalue weighted by molar-refractivity contribution is 5.85. The van der Waals surface area contributed by atoms with Crippen molar-refractivity contribution in [2.24, 2.45) is 5.92 Å². The van der Waals surface area contributed by atoms with Gasteiger partial charge in [-0.25, -0.2) is 9.78 Å². The van der Waals surface area contributed by atoms with Crippen molar-refractivity contribution < 1.29 is 14.7 Å². The number of imidazole rings is 1. The van der Waals surface area contributed by atoms with Crippen LogP contribution < -0.4 is 0 Å². The minimum Gasteiger partial charge on any atom is -0.480 e. The number of rotatable bonds is 3. The van der Waals surface area contributed by atoms with Gasteiger partial charge in [0.05, 0.1) is 6.42 Å². The number of carbonyl (C=O) groups is 2. The first-order valence-corrected chi connectivity index (χ1v) is 7.19. The molecule has 0 spiro atoms. The van der Waals surface area contributed by atoms with Crippen LogP contribution in [-0.2, 0) is 16.0 Å². The highest BCUT2D eigenvalue weighted by atomic mass is 16.4. The normalized spacial score (nSPS) is 29.2. The van der Waals surface area contributed by atoms with Crippen molar-refractivity contribution in [2.75, 3.05) is 0 Å². The van der Waals surface area contributed by atoms with Crippen molar-refractivity contribution in [3.63, 3.8) is 0 Å². The number of likely N-dealkylation sites (tertiary alicyclic amines) is 1. The van der Waals surface area contributed by atoms with Gasteiger partial charge in [-0.05, 0) is 25.2 Å². The van der Waals surface area contributed by atoms with Crippen molar-refractivity contribution in [3.05, 3.63) is 18.2 Å². The summed E-state index contributed by atoms with van der Waals surface area (Å²) in [6.45, 7) is 0. The number of carbonyl (C=O) groups excluding carboxylic acids is 1. The van der Waals surface area contributed by atoms with Gasteiger partial charge in [-0.15, -0.1) is 0 Å². The third-order valence-electron chi connectivity index (χ3n) is 4.53. The van der Waals surface area contributed by atoms with E-state index < -0.39 is 12.0 Å². The molecule has 20 heavy (non-hydrogen) atoms. The van der Waals surface area contributed by atoms with Gasteiger partial charge in [-0.3, -0.25) is 4.79 Å². The summed E-state index contributed by atoms with van der Waals surface area (Å²) in [7, 11) is 0. The molecule has 108 valence electrons. The van der Waals surface area contributed by atoms with E-state index >= 15 is 0 Å². The largest absolute Gasteiger partial charge is 0.480 e. The number of fused-ring (bicyclic) bond motifs is 1. The molecule has 3 rings (SSSR count). The molecular weight excluding hydrogens is 258 g/mol. The van der Waals surface area contributed by atoms with E-state index in [0.717, 1.165) is 25.7 Å². The Morgan fingerprint density at radius 2 is 2.20 bits per heavy atom. The molecule has 0 unspecified atom stereocenters. The van der Waals surface area contributed by atoms with Crippen molar-refractivity contribution in [2.45, 2.75) is 50.6 Å². The van der Waals surface area contributed by atoms with E-state index in [4.69, 9.17) is 0 Å². The number of carboxylic acid groups (broad SMARTS) is 1. The topological polar surface area (TPSA) is 86.3 Å². The summed E-state index contributed by atoms with van der Waals surface area (Å²) >= 11 is 0. The summed E-state index contributed by atoms with van der Waals surface area (Å²) in [5.41, 5.74) is 0. The summed E-state index contributed by atoms with van der Waals surface area (Å²) in [5.74, 6) is -0.0576. The summed E-state index contributed by atoms with van der Waals surface area (Å²) < 4.78 is 0. The maximum Gasteiger partial charge on any atom is 0.326 e. The average Bonchev–Trinajstić information content (AvgIpc) is 3.04. The number of amides is 1. The maximum atomic E-state index is 12.5. The van der Waals surface area contributed by atoms with Gasteiger partial charge in [0.25, 0.3) is 0 Å². The summed E-state index contributed by atoms with van der Waals surface area (Å²) in [6.07, 6.45) is 8.22. The Hall–Kier alpha value is -1.85. The molecule has 0 bridgehead atoms. The Kier molecular flexibility index (Phi) is 3.46. The van der Waals surface area contributed by atoms with Crippen LogP contribution in [-0.4, -0.2) is 43.9 Å². The summed E-state index contributed by atoms with van der Waals surface area (Å²) in [4.78, 5) is 32.5. The Bertz CT molecular complexity index is 500. The average molecular weight is 277 g/mol. The lowest BCUT2D eigenvalue weighted by molar-refractivity contribution is -0.149. The molecule has 1 aromatic heterocycles. The fourth-order valence-electron chi connectivity index (χ4n) is 3.67. The van der Waals surface area contributed by atoms with Crippen LogP contribution in [0.3, 0.4) is 0 Å². The highest BCUT2D eigenvalue weighted by Crippen LogP contribution is 2.40.